The van der Waals surface area contributed by atoms with Crippen molar-refractivity contribution < 1.29 is 27.5 Å². The normalized spacial score (nSPS) is 19.6. The molecule has 0 spiro atoms. The minimum Gasteiger partial charge on any atom is -0.478 e. The summed E-state index contributed by atoms with van der Waals surface area (Å²) in [5, 5.41) is 8.84. The molecule has 3 N–H and O–H groups in total. The number of hydrogen-bond acceptors (Lipinski definition) is 4. The average molecular weight is 316 g/mol. The zero-order valence-electron chi connectivity index (χ0n) is 10.8. The number of halogens is 1. The quantitative estimate of drug-likeness (QED) is 0.820. The van der Waals surface area contributed by atoms with Crippen molar-refractivity contribution in [3.8, 4) is 0 Å². The van der Waals surface area contributed by atoms with E-state index in [0.29, 0.717) is 12.8 Å². The van der Waals surface area contributed by atoms with Crippen LogP contribution in [0.3, 0.4) is 0 Å². The van der Waals surface area contributed by atoms with Gasteiger partial charge in [-0.1, -0.05) is 0 Å². The number of carbonyl (C=O) groups excluding carboxylic acids is 1. The molecule has 0 radical (unpaired) electrons. The summed E-state index contributed by atoms with van der Waals surface area (Å²) in [5.74, 6) is -3.37. The maximum absolute atomic E-state index is 13.3. The molecule has 1 aromatic rings. The summed E-state index contributed by atoms with van der Waals surface area (Å²) in [4.78, 5) is 21.8. The van der Waals surface area contributed by atoms with Crippen molar-refractivity contribution in [2.24, 2.45) is 5.73 Å². The van der Waals surface area contributed by atoms with Crippen molar-refractivity contribution >= 4 is 21.9 Å². The Morgan fingerprint density at radius 3 is 2.62 bits per heavy atom. The number of nitrogens with zero attached hydrogens (tertiary/aromatic N) is 1. The highest BCUT2D eigenvalue weighted by atomic mass is 32.2. The van der Waals surface area contributed by atoms with Gasteiger partial charge in [-0.15, -0.1) is 0 Å². The molecular formula is C12H13FN2O5S. The molecule has 0 saturated carbocycles. The number of aromatic carboxylic acids is 1. The van der Waals surface area contributed by atoms with Crippen molar-refractivity contribution in [1.82, 2.24) is 4.31 Å². The van der Waals surface area contributed by atoms with Gasteiger partial charge in [-0.3, -0.25) is 4.79 Å². The predicted molar refractivity (Wildman–Crippen MR) is 69.5 cm³/mol. The third-order valence-electron chi connectivity index (χ3n) is 3.31. The zero-order valence-corrected chi connectivity index (χ0v) is 11.6. The number of carboxylic acid groups (broad SMARTS) is 1. The number of amides is 1. The first-order valence-corrected chi connectivity index (χ1v) is 7.53. The Labute approximate surface area is 120 Å². The van der Waals surface area contributed by atoms with Gasteiger partial charge in [-0.2, -0.15) is 4.31 Å². The molecule has 1 atom stereocenters. The lowest BCUT2D eigenvalue weighted by Crippen LogP contribution is -2.43. The van der Waals surface area contributed by atoms with Crippen molar-refractivity contribution in [1.29, 1.82) is 0 Å². The summed E-state index contributed by atoms with van der Waals surface area (Å²) in [6.07, 6.45) is 0.779. The summed E-state index contributed by atoms with van der Waals surface area (Å²) >= 11 is 0. The molecule has 9 heteroatoms. The summed E-state index contributed by atoms with van der Waals surface area (Å²) in [7, 11) is -4.10. The zero-order chi connectivity index (χ0) is 15.8. The molecule has 1 aliphatic rings. The second-order valence-corrected chi connectivity index (χ2v) is 6.51. The van der Waals surface area contributed by atoms with E-state index in [1.54, 1.807) is 0 Å². The van der Waals surface area contributed by atoms with Gasteiger partial charge >= 0.3 is 5.97 Å². The van der Waals surface area contributed by atoms with Gasteiger partial charge in [-0.25, -0.2) is 17.6 Å². The first-order valence-electron chi connectivity index (χ1n) is 6.09. The van der Waals surface area contributed by atoms with E-state index in [4.69, 9.17) is 10.8 Å². The Balaban J connectivity index is 2.47. The fourth-order valence-electron chi connectivity index (χ4n) is 2.28. The fraction of sp³-hybridized carbons (Fsp3) is 0.333. The molecule has 0 bridgehead atoms. The van der Waals surface area contributed by atoms with E-state index in [0.717, 1.165) is 22.5 Å². The molecule has 1 aromatic carbocycles. The fourth-order valence-corrected chi connectivity index (χ4v) is 3.97. The van der Waals surface area contributed by atoms with Gasteiger partial charge < -0.3 is 10.8 Å². The molecule has 1 heterocycles. The van der Waals surface area contributed by atoms with Crippen molar-refractivity contribution in [2.75, 3.05) is 6.54 Å². The van der Waals surface area contributed by atoms with E-state index < -0.39 is 39.3 Å². The lowest BCUT2D eigenvalue weighted by Gasteiger charge is -2.21. The van der Waals surface area contributed by atoms with Crippen LogP contribution in [0.5, 0.6) is 0 Å². The Morgan fingerprint density at radius 2 is 2.05 bits per heavy atom. The molecule has 2 rings (SSSR count). The molecule has 1 saturated heterocycles. The van der Waals surface area contributed by atoms with E-state index in [1.807, 2.05) is 0 Å². The summed E-state index contributed by atoms with van der Waals surface area (Å²) in [6, 6.07) is 1.51. The summed E-state index contributed by atoms with van der Waals surface area (Å²) in [6.45, 7) is 0.107. The maximum Gasteiger partial charge on any atom is 0.338 e. The Morgan fingerprint density at radius 1 is 1.38 bits per heavy atom. The highest BCUT2D eigenvalue weighted by Crippen LogP contribution is 2.27. The van der Waals surface area contributed by atoms with Crippen LogP contribution in [0.25, 0.3) is 0 Å². The maximum atomic E-state index is 13.3. The van der Waals surface area contributed by atoms with Gasteiger partial charge in [0, 0.05) is 6.54 Å². The Kier molecular flexibility index (Phi) is 3.97. The van der Waals surface area contributed by atoms with E-state index in [-0.39, 0.29) is 11.4 Å². The molecule has 1 amide bonds. The molecule has 1 aliphatic heterocycles. The smallest absolute Gasteiger partial charge is 0.338 e. The number of carbonyl (C=O) groups is 2. The molecule has 0 aromatic heterocycles. The second-order valence-electron chi connectivity index (χ2n) is 4.62. The second kappa shape index (κ2) is 5.41. The monoisotopic (exact) mass is 316 g/mol. The number of benzene rings is 1. The van der Waals surface area contributed by atoms with Crippen molar-refractivity contribution in [2.45, 2.75) is 23.8 Å². The van der Waals surface area contributed by atoms with Gasteiger partial charge in [0.15, 0.2) is 0 Å². The SMILES string of the molecule is NC(=O)C1CCCN1S(=O)(=O)c1ccc(F)c(C(=O)O)c1. The molecule has 114 valence electrons. The van der Waals surface area contributed by atoms with Crippen LogP contribution in [0.1, 0.15) is 23.2 Å². The number of hydrogen-bond donors (Lipinski definition) is 2. The van der Waals surface area contributed by atoms with Crippen LogP contribution < -0.4 is 5.73 Å². The summed E-state index contributed by atoms with van der Waals surface area (Å²) < 4.78 is 39.1. The number of rotatable bonds is 4. The van der Waals surface area contributed by atoms with Gasteiger partial charge in [0.1, 0.15) is 11.9 Å². The van der Waals surface area contributed by atoms with E-state index in [1.165, 1.54) is 0 Å². The highest BCUT2D eigenvalue weighted by Gasteiger charge is 2.38. The van der Waals surface area contributed by atoms with Gasteiger partial charge in [0.25, 0.3) is 0 Å². The van der Waals surface area contributed by atoms with Crippen LogP contribution >= 0.6 is 0 Å². The third kappa shape index (κ3) is 2.74. The van der Waals surface area contributed by atoms with E-state index in [9.17, 15) is 22.4 Å². The van der Waals surface area contributed by atoms with E-state index in [2.05, 4.69) is 0 Å². The minimum atomic E-state index is -4.10. The number of primary amides is 1. The molecule has 0 aliphatic carbocycles. The third-order valence-corrected chi connectivity index (χ3v) is 5.21. The molecule has 1 fully saturated rings. The molecule has 1 unspecified atom stereocenters. The summed E-state index contributed by atoms with van der Waals surface area (Å²) in [5.41, 5.74) is 4.42. The first kappa shape index (κ1) is 15.4. The Hall–Kier alpha value is -2.00. The predicted octanol–water partition coefficient (Wildman–Crippen LogP) is 0.162. The van der Waals surface area contributed by atoms with Crippen LogP contribution in [0.2, 0.25) is 0 Å². The topological polar surface area (TPSA) is 118 Å². The number of sulfonamides is 1. The largest absolute Gasteiger partial charge is 0.478 e. The average Bonchev–Trinajstić information content (AvgIpc) is 2.88. The lowest BCUT2D eigenvalue weighted by molar-refractivity contribution is -0.121. The Bertz CT molecular complexity index is 704. The van der Waals surface area contributed by atoms with Gasteiger partial charge in [0.05, 0.1) is 10.5 Å². The van der Waals surface area contributed by atoms with E-state index >= 15 is 0 Å². The van der Waals surface area contributed by atoms with Crippen molar-refractivity contribution in [3.05, 3.63) is 29.6 Å². The van der Waals surface area contributed by atoms with Crippen LogP contribution in [0.15, 0.2) is 23.1 Å². The molecule has 7 nitrogen and oxygen atoms in total. The van der Waals surface area contributed by atoms with Crippen LogP contribution in [0.4, 0.5) is 4.39 Å². The van der Waals surface area contributed by atoms with Crippen molar-refractivity contribution in [3.63, 3.8) is 0 Å². The number of nitrogens with two attached hydrogens (primary N) is 1. The highest BCUT2D eigenvalue weighted by molar-refractivity contribution is 7.89. The lowest BCUT2D eigenvalue weighted by atomic mass is 10.2. The minimum absolute atomic E-state index is 0.107. The van der Waals surface area contributed by atoms with Crippen LogP contribution in [0, 0.1) is 5.82 Å². The molecule has 21 heavy (non-hydrogen) atoms. The first-order chi connectivity index (χ1) is 9.75. The van der Waals surface area contributed by atoms with Gasteiger partial charge in [0.2, 0.25) is 15.9 Å². The number of carboxylic acids is 1. The van der Waals surface area contributed by atoms with Gasteiger partial charge in [-0.05, 0) is 31.0 Å². The van der Waals surface area contributed by atoms with Crippen LogP contribution in [-0.4, -0.2) is 42.3 Å². The van der Waals surface area contributed by atoms with Crippen LogP contribution in [-0.2, 0) is 14.8 Å². The molecular weight excluding hydrogens is 303 g/mol. The standard InChI is InChI=1S/C12H13FN2O5S/c13-9-4-3-7(6-8(9)12(17)18)21(19,20)15-5-1-2-10(15)11(14)16/h3-4,6,10H,1-2,5H2,(H2,14,16)(H,17,18).